The molecule has 1 saturated carbocycles. The van der Waals surface area contributed by atoms with Gasteiger partial charge in [0.2, 0.25) is 5.91 Å². The van der Waals surface area contributed by atoms with E-state index in [1.165, 1.54) is 0 Å². The maximum Gasteiger partial charge on any atom is 0.259 e. The first-order valence-corrected chi connectivity index (χ1v) is 9.23. The first-order chi connectivity index (χ1) is 12.3. The normalized spacial score (nSPS) is 16.7. The largest absolute Gasteiger partial charge is 0.368 e. The van der Waals surface area contributed by atoms with Gasteiger partial charge in [0, 0.05) is 11.6 Å². The molecule has 2 amide bonds. The lowest BCUT2D eigenvalue weighted by atomic mass is 9.97. The van der Waals surface area contributed by atoms with E-state index in [0.29, 0.717) is 28.3 Å². The summed E-state index contributed by atoms with van der Waals surface area (Å²) < 4.78 is 5.41. The average molecular weight is 358 g/mol. The van der Waals surface area contributed by atoms with Gasteiger partial charge in [0.25, 0.3) is 11.6 Å². The number of pyridine rings is 1. The molecule has 2 aromatic rings. The molecule has 2 aromatic heterocycles. The van der Waals surface area contributed by atoms with Crippen LogP contribution in [0.2, 0.25) is 0 Å². The number of amides is 2. The van der Waals surface area contributed by atoms with Gasteiger partial charge in [-0.2, -0.15) is 0 Å². The van der Waals surface area contributed by atoms with Gasteiger partial charge >= 0.3 is 0 Å². The Morgan fingerprint density at radius 3 is 2.58 bits per heavy atom. The molecule has 0 aliphatic heterocycles. The number of nitrogens with zero attached hydrogens (tertiary/aromatic N) is 2. The van der Waals surface area contributed by atoms with Gasteiger partial charge in [0.1, 0.15) is 6.04 Å². The molecular weight excluding hydrogens is 332 g/mol. The highest BCUT2D eigenvalue weighted by atomic mass is 16.5. The molecule has 26 heavy (non-hydrogen) atoms. The van der Waals surface area contributed by atoms with Gasteiger partial charge in [-0.3, -0.25) is 9.59 Å². The molecule has 3 N–H and O–H groups in total. The Morgan fingerprint density at radius 2 is 2.04 bits per heavy atom. The van der Waals surface area contributed by atoms with Gasteiger partial charge in [0.15, 0.2) is 0 Å². The molecule has 1 aliphatic rings. The van der Waals surface area contributed by atoms with Crippen molar-refractivity contribution in [1.82, 2.24) is 15.5 Å². The van der Waals surface area contributed by atoms with Crippen LogP contribution in [0, 0.1) is 5.92 Å². The SMILES string of the molecule is CCC(C)C(NC(=O)c1cc(C2CC2)nc2onc(C(C)C)c12)C(N)=O. The second-order valence-electron chi connectivity index (χ2n) is 7.51. The Bertz CT molecular complexity index is 839. The summed E-state index contributed by atoms with van der Waals surface area (Å²) in [6, 6.07) is 1.09. The Labute approximate surface area is 152 Å². The molecule has 0 spiro atoms. The quantitative estimate of drug-likeness (QED) is 0.790. The van der Waals surface area contributed by atoms with Crippen molar-refractivity contribution in [3.63, 3.8) is 0 Å². The minimum absolute atomic E-state index is 0.0521. The van der Waals surface area contributed by atoms with Crippen LogP contribution in [0.15, 0.2) is 10.6 Å². The third-order valence-corrected chi connectivity index (χ3v) is 5.09. The second kappa shape index (κ2) is 7.05. The molecule has 140 valence electrons. The van der Waals surface area contributed by atoms with Gasteiger partial charge in [-0.1, -0.05) is 39.3 Å². The molecule has 3 rings (SSSR count). The van der Waals surface area contributed by atoms with Crippen molar-refractivity contribution in [1.29, 1.82) is 0 Å². The number of carbonyl (C=O) groups is 2. The van der Waals surface area contributed by atoms with E-state index in [4.69, 9.17) is 10.3 Å². The molecule has 7 heteroatoms. The molecule has 2 atom stereocenters. The molecular formula is C19H26N4O3. The number of carbonyl (C=O) groups excluding carboxylic acids is 2. The fraction of sp³-hybridized carbons (Fsp3) is 0.579. The lowest BCUT2D eigenvalue weighted by Crippen LogP contribution is -2.48. The highest BCUT2D eigenvalue weighted by Gasteiger charge is 2.31. The van der Waals surface area contributed by atoms with Crippen molar-refractivity contribution in [3.05, 3.63) is 23.0 Å². The number of rotatable bonds is 7. The number of nitrogens with one attached hydrogen (secondary N) is 1. The van der Waals surface area contributed by atoms with Crippen LogP contribution in [-0.2, 0) is 4.79 Å². The van der Waals surface area contributed by atoms with Gasteiger partial charge in [0.05, 0.1) is 16.6 Å². The number of nitrogens with two attached hydrogens (primary N) is 1. The fourth-order valence-electron chi connectivity index (χ4n) is 3.10. The van der Waals surface area contributed by atoms with E-state index in [9.17, 15) is 9.59 Å². The molecule has 0 aromatic carbocycles. The predicted molar refractivity (Wildman–Crippen MR) is 97.8 cm³/mol. The molecule has 2 heterocycles. The second-order valence-corrected chi connectivity index (χ2v) is 7.51. The van der Waals surface area contributed by atoms with Crippen LogP contribution >= 0.6 is 0 Å². The monoisotopic (exact) mass is 358 g/mol. The van der Waals surface area contributed by atoms with Crippen LogP contribution in [0.5, 0.6) is 0 Å². The summed E-state index contributed by atoms with van der Waals surface area (Å²) in [5.74, 6) is -0.482. The summed E-state index contributed by atoms with van der Waals surface area (Å²) in [5, 5.41) is 7.54. The van der Waals surface area contributed by atoms with Crippen molar-refractivity contribution >= 4 is 22.9 Å². The highest BCUT2D eigenvalue weighted by Crippen LogP contribution is 2.41. The van der Waals surface area contributed by atoms with E-state index in [1.807, 2.05) is 33.8 Å². The van der Waals surface area contributed by atoms with Crippen molar-refractivity contribution in [2.75, 3.05) is 0 Å². The van der Waals surface area contributed by atoms with Gasteiger partial charge in [-0.15, -0.1) is 0 Å². The van der Waals surface area contributed by atoms with Crippen molar-refractivity contribution in [2.24, 2.45) is 11.7 Å². The summed E-state index contributed by atoms with van der Waals surface area (Å²) in [4.78, 5) is 29.4. The van der Waals surface area contributed by atoms with Crippen molar-refractivity contribution in [2.45, 2.75) is 64.8 Å². The smallest absolute Gasteiger partial charge is 0.259 e. The molecule has 2 unspecified atom stereocenters. The summed E-state index contributed by atoms with van der Waals surface area (Å²) in [6.07, 6.45) is 2.85. The van der Waals surface area contributed by atoms with E-state index >= 15 is 0 Å². The van der Waals surface area contributed by atoms with Crippen LogP contribution in [-0.4, -0.2) is 28.0 Å². The Morgan fingerprint density at radius 1 is 1.35 bits per heavy atom. The zero-order chi connectivity index (χ0) is 19.0. The van der Waals surface area contributed by atoms with E-state index in [-0.39, 0.29) is 17.7 Å². The third kappa shape index (κ3) is 3.43. The Balaban J connectivity index is 2.05. The molecule has 0 bridgehead atoms. The van der Waals surface area contributed by atoms with Gasteiger partial charge in [-0.25, -0.2) is 4.98 Å². The first-order valence-electron chi connectivity index (χ1n) is 9.23. The number of hydrogen-bond donors (Lipinski definition) is 2. The van der Waals surface area contributed by atoms with Gasteiger partial charge < -0.3 is 15.6 Å². The summed E-state index contributed by atoms with van der Waals surface area (Å²) in [7, 11) is 0. The number of aromatic nitrogens is 2. The summed E-state index contributed by atoms with van der Waals surface area (Å²) in [5.41, 5.74) is 7.87. The molecule has 0 saturated heterocycles. The number of fused-ring (bicyclic) bond motifs is 1. The topological polar surface area (TPSA) is 111 Å². The lowest BCUT2D eigenvalue weighted by molar-refractivity contribution is -0.120. The average Bonchev–Trinajstić information content (AvgIpc) is 3.36. The van der Waals surface area contributed by atoms with Crippen LogP contribution in [0.25, 0.3) is 11.1 Å². The van der Waals surface area contributed by atoms with Crippen molar-refractivity contribution in [3.8, 4) is 0 Å². The van der Waals surface area contributed by atoms with E-state index in [2.05, 4.69) is 15.5 Å². The van der Waals surface area contributed by atoms with Crippen LogP contribution in [0.4, 0.5) is 0 Å². The lowest BCUT2D eigenvalue weighted by Gasteiger charge is -2.21. The minimum atomic E-state index is -0.720. The maximum absolute atomic E-state index is 13.0. The predicted octanol–water partition coefficient (Wildman–Crippen LogP) is 2.85. The van der Waals surface area contributed by atoms with E-state index in [1.54, 1.807) is 0 Å². The minimum Gasteiger partial charge on any atom is -0.368 e. The zero-order valence-electron chi connectivity index (χ0n) is 15.7. The third-order valence-electron chi connectivity index (χ3n) is 5.09. The Hall–Kier alpha value is -2.44. The molecule has 7 nitrogen and oxygen atoms in total. The van der Waals surface area contributed by atoms with Crippen LogP contribution in [0.1, 0.15) is 80.5 Å². The molecule has 1 aliphatic carbocycles. The maximum atomic E-state index is 13.0. The van der Waals surface area contributed by atoms with Gasteiger partial charge in [-0.05, 0) is 30.7 Å². The van der Waals surface area contributed by atoms with E-state index < -0.39 is 11.9 Å². The van der Waals surface area contributed by atoms with E-state index in [0.717, 1.165) is 25.0 Å². The number of hydrogen-bond acceptors (Lipinski definition) is 5. The first kappa shape index (κ1) is 18.4. The molecule has 1 fully saturated rings. The summed E-state index contributed by atoms with van der Waals surface area (Å²) in [6.45, 7) is 7.82. The van der Waals surface area contributed by atoms with Crippen molar-refractivity contribution < 1.29 is 14.1 Å². The van der Waals surface area contributed by atoms with Crippen LogP contribution in [0.3, 0.4) is 0 Å². The fourth-order valence-corrected chi connectivity index (χ4v) is 3.10. The Kier molecular flexibility index (Phi) is 4.98. The van der Waals surface area contributed by atoms with Crippen LogP contribution < -0.4 is 11.1 Å². The number of primary amides is 1. The highest BCUT2D eigenvalue weighted by molar-refractivity contribution is 6.07. The standard InChI is InChI=1S/C19H26N4O3/c1-5-10(4)16(17(20)24)22-18(25)12-8-13(11-6-7-11)21-19-14(12)15(9(2)3)23-26-19/h8-11,16H,5-7H2,1-4H3,(H2,20,24)(H,22,25). The molecule has 0 radical (unpaired) electrons. The summed E-state index contributed by atoms with van der Waals surface area (Å²) >= 11 is 0. The zero-order valence-corrected chi connectivity index (χ0v) is 15.7.